The van der Waals surface area contributed by atoms with E-state index in [9.17, 15) is 0 Å². The van der Waals surface area contributed by atoms with Crippen molar-refractivity contribution in [2.75, 3.05) is 0 Å². The van der Waals surface area contributed by atoms with E-state index in [1.165, 1.54) is 0 Å². The summed E-state index contributed by atoms with van der Waals surface area (Å²) in [5.41, 5.74) is 0. The van der Waals surface area contributed by atoms with Crippen molar-refractivity contribution in [3.8, 4) is 0 Å². The van der Waals surface area contributed by atoms with Crippen LogP contribution in [0.2, 0.25) is 0 Å². The molecule has 0 atom stereocenters. The van der Waals surface area contributed by atoms with E-state index in [0.29, 0.717) is 0 Å². The summed E-state index contributed by atoms with van der Waals surface area (Å²) in [6.07, 6.45) is 0. The average Bonchev–Trinajstić information content (AvgIpc) is 1.12. The molecule has 0 saturated heterocycles. The maximum Gasteiger partial charge on any atom is 2.00 e. The number of hydrogen-bond acceptors (Lipinski definition) is 8. The Morgan fingerprint density at radius 3 is 0.579 bits per heavy atom. The quantitative estimate of drug-likeness (QED) is 0.169. The Morgan fingerprint density at radius 2 is 0.579 bits per heavy atom. The third-order valence-electron chi connectivity index (χ3n) is 0. The second-order valence-electron chi connectivity index (χ2n) is 0.855. The van der Waals surface area contributed by atoms with Gasteiger partial charge in [-0.25, -0.2) is 16.8 Å². The van der Waals surface area contributed by atoms with Crippen molar-refractivity contribution in [1.29, 1.82) is 0 Å². The fourth-order valence-corrected chi connectivity index (χ4v) is 0. The van der Waals surface area contributed by atoms with Crippen molar-refractivity contribution in [3.63, 3.8) is 0 Å². The van der Waals surface area contributed by atoms with Crippen molar-refractivity contribution in [3.05, 3.63) is 0 Å². The van der Waals surface area contributed by atoms with Crippen LogP contribution in [0.15, 0.2) is 0 Å². The molecule has 0 amide bonds. The van der Waals surface area contributed by atoms with Crippen LogP contribution in [-0.4, -0.2) is 67.9 Å². The van der Waals surface area contributed by atoms with Crippen LogP contribution in [0.1, 0.15) is 0 Å². The van der Waals surface area contributed by atoms with Crippen molar-refractivity contribution in [2.24, 2.45) is 0 Å². The normalized spacial score (nSPS) is 6.11. The zero-order valence-corrected chi connectivity index (χ0v) is 11.5. The smallest absolute Gasteiger partial charge is 0.726 e. The van der Waals surface area contributed by atoms with Gasteiger partial charge in [0.15, 0.2) is 0 Å². The van der Waals surface area contributed by atoms with Gasteiger partial charge in [0.05, 0.1) is 0 Å². The van der Waals surface area contributed by atoms with Crippen LogP contribution in [0.3, 0.4) is 0 Å². The van der Waals surface area contributed by atoms with Gasteiger partial charge in [-0.15, -0.1) is 0 Å². The molecule has 16 nitrogen and oxygen atoms in total. The summed E-state index contributed by atoms with van der Waals surface area (Å²) in [7, 11) is -9.83. The standard InChI is InChI=1S/Cu.2H3N.2H2O4S.6H2O/c;;;2*1-5(2,3)4;;;;;;/h;2*1H3;2*(H2,1,2,3,4);6*1H2/q+2;;;;;;;;;;/p-2. The summed E-state index contributed by atoms with van der Waals surface area (Å²) < 4.78 is 65.7. The molecule has 0 fully saturated rings. The minimum Gasteiger partial charge on any atom is -0.726 e. The molecule has 19 heteroatoms. The molecule has 137 valence electrons. The summed E-state index contributed by atoms with van der Waals surface area (Å²) in [4.78, 5) is 0. The zero-order chi connectivity index (χ0) is 9.00. The Labute approximate surface area is 118 Å². The Bertz CT molecular complexity index is 220. The average molecular weight is 400 g/mol. The molecular formula is H20CuN2O14S2. The van der Waals surface area contributed by atoms with E-state index < -0.39 is 20.8 Å². The predicted octanol–water partition coefficient (Wildman–Crippen LogP) is -6.62. The summed E-state index contributed by atoms with van der Waals surface area (Å²) in [5.74, 6) is 0. The Hall–Kier alpha value is -0.0605. The minimum atomic E-state index is -4.92. The molecule has 0 unspecified atom stereocenters. The molecule has 0 heterocycles. The van der Waals surface area contributed by atoms with Crippen LogP contribution >= 0.6 is 0 Å². The van der Waals surface area contributed by atoms with Crippen LogP contribution in [0.25, 0.3) is 0 Å². The first kappa shape index (κ1) is 96.7. The third-order valence-corrected chi connectivity index (χ3v) is 0. The number of rotatable bonds is 0. The van der Waals surface area contributed by atoms with Gasteiger partial charge < -0.3 is 54.3 Å². The van der Waals surface area contributed by atoms with Gasteiger partial charge in [0.25, 0.3) is 0 Å². The molecule has 0 aromatic carbocycles. The van der Waals surface area contributed by atoms with E-state index in [1.54, 1.807) is 0 Å². The van der Waals surface area contributed by atoms with Crippen molar-refractivity contribution in [1.82, 2.24) is 12.3 Å². The largest absolute Gasteiger partial charge is 2.00 e. The third kappa shape index (κ3) is 1240000. The molecule has 20 N–H and O–H groups in total. The van der Waals surface area contributed by atoms with Crippen LogP contribution in [0.4, 0.5) is 0 Å². The van der Waals surface area contributed by atoms with Crippen LogP contribution in [-0.2, 0) is 37.9 Å². The van der Waals surface area contributed by atoms with Gasteiger partial charge in [0, 0.05) is 0 Å². The van der Waals surface area contributed by atoms with Gasteiger partial charge in [0.2, 0.25) is 20.8 Å². The van der Waals surface area contributed by atoms with Crippen molar-refractivity contribution >= 4 is 20.8 Å². The molecule has 0 rings (SSSR count). The first-order valence-electron chi connectivity index (χ1n) is 1.37. The summed E-state index contributed by atoms with van der Waals surface area (Å²) in [6, 6.07) is 0. The van der Waals surface area contributed by atoms with E-state index in [4.69, 9.17) is 35.0 Å². The van der Waals surface area contributed by atoms with Gasteiger partial charge in [-0.05, 0) is 0 Å². The second-order valence-corrected chi connectivity index (χ2v) is 2.57. The Balaban J connectivity index is -0.00000000508. The summed E-state index contributed by atoms with van der Waals surface area (Å²) in [6.45, 7) is 0. The summed E-state index contributed by atoms with van der Waals surface area (Å²) >= 11 is 0. The molecule has 0 saturated carbocycles. The van der Waals surface area contributed by atoms with Gasteiger partial charge in [-0.3, -0.25) is 9.11 Å². The first-order valence-corrected chi connectivity index (χ1v) is 4.10. The molecule has 0 aliphatic rings. The molecule has 1 radical (unpaired) electrons. The van der Waals surface area contributed by atoms with E-state index >= 15 is 0 Å². The molecule has 0 aliphatic carbocycles. The van der Waals surface area contributed by atoms with Crippen LogP contribution in [0, 0.1) is 0 Å². The second kappa shape index (κ2) is 36.1. The fraction of sp³-hybridized carbons (Fsp3) is 0. The summed E-state index contributed by atoms with van der Waals surface area (Å²) in [5, 5.41) is 0. The monoisotopic (exact) mass is 399 g/mol. The SMILES string of the molecule is N.N.O.O.O.O.O.O.O=S(=O)([O-])O.O=S(=O)([O-])O.[Cu+2]. The van der Waals surface area contributed by atoms with Crippen LogP contribution < -0.4 is 12.3 Å². The molecule has 0 aliphatic heterocycles. The van der Waals surface area contributed by atoms with Gasteiger partial charge in [-0.2, -0.15) is 0 Å². The molecule has 0 bridgehead atoms. The molecule has 0 spiro atoms. The number of hydrogen-bond donors (Lipinski definition) is 4. The maximum atomic E-state index is 8.63. The minimum absolute atomic E-state index is 0. The van der Waals surface area contributed by atoms with E-state index in [2.05, 4.69) is 0 Å². The van der Waals surface area contributed by atoms with Gasteiger partial charge in [-0.1, -0.05) is 0 Å². The van der Waals surface area contributed by atoms with Crippen molar-refractivity contribution < 1.29 is 85.0 Å². The maximum absolute atomic E-state index is 8.63. The topological polar surface area (TPSA) is 414 Å². The fourth-order valence-electron chi connectivity index (χ4n) is 0. The molecule has 0 aromatic heterocycles. The predicted molar refractivity (Wildman–Crippen MR) is 56.4 cm³/mol. The molecule has 19 heavy (non-hydrogen) atoms. The van der Waals surface area contributed by atoms with E-state index in [1.807, 2.05) is 0 Å². The Kier molecular flexibility index (Phi) is 184. The van der Waals surface area contributed by atoms with Crippen LogP contribution in [0.5, 0.6) is 0 Å². The van der Waals surface area contributed by atoms with Gasteiger partial charge >= 0.3 is 17.1 Å². The zero-order valence-electron chi connectivity index (χ0n) is 8.88. The van der Waals surface area contributed by atoms with Crippen molar-refractivity contribution in [2.45, 2.75) is 0 Å². The van der Waals surface area contributed by atoms with Gasteiger partial charge in [0.1, 0.15) is 0 Å². The van der Waals surface area contributed by atoms with E-state index in [0.717, 1.165) is 0 Å². The molecular weight excluding hydrogens is 380 g/mol. The first-order chi connectivity index (χ1) is 4.00. The molecule has 0 aromatic rings. The van der Waals surface area contributed by atoms with E-state index in [-0.39, 0.29) is 62.2 Å². The Morgan fingerprint density at radius 1 is 0.579 bits per heavy atom.